The number of pyridine rings is 1. The number of primary amides is 1. The average molecular weight is 291 g/mol. The van der Waals surface area contributed by atoms with Gasteiger partial charge in [0.2, 0.25) is 5.91 Å². The average Bonchev–Trinajstić information content (AvgIpc) is 2.46. The second-order valence-electron chi connectivity index (χ2n) is 5.71. The highest BCUT2D eigenvalue weighted by atomic mass is 16.4. The molecule has 1 saturated heterocycles. The number of aromatic nitrogens is 1. The minimum atomic E-state index is -0.992. The van der Waals surface area contributed by atoms with E-state index >= 15 is 0 Å². The van der Waals surface area contributed by atoms with Crippen molar-refractivity contribution in [1.82, 2.24) is 4.98 Å². The van der Waals surface area contributed by atoms with Crippen LogP contribution in [-0.4, -0.2) is 34.6 Å². The second kappa shape index (κ2) is 6.11. The Kier molecular flexibility index (Phi) is 4.45. The molecule has 1 fully saturated rings. The van der Waals surface area contributed by atoms with Crippen molar-refractivity contribution in [3.8, 4) is 0 Å². The molecule has 1 unspecified atom stereocenters. The maximum Gasteiger partial charge on any atom is 0.335 e. The molecule has 1 aromatic rings. The molecule has 0 aromatic carbocycles. The monoisotopic (exact) mass is 291 g/mol. The van der Waals surface area contributed by atoms with E-state index in [-0.39, 0.29) is 17.4 Å². The van der Waals surface area contributed by atoms with Crippen molar-refractivity contribution in [2.75, 3.05) is 11.4 Å². The Morgan fingerprint density at radius 2 is 2.10 bits per heavy atom. The molecular weight excluding hydrogens is 270 g/mol. The number of carbonyl (C=O) groups excluding carboxylic acids is 1. The van der Waals surface area contributed by atoms with E-state index in [0.717, 1.165) is 12.8 Å². The van der Waals surface area contributed by atoms with Crippen LogP contribution in [0.15, 0.2) is 12.1 Å². The number of anilines is 1. The van der Waals surface area contributed by atoms with E-state index in [4.69, 9.17) is 5.73 Å². The van der Waals surface area contributed by atoms with Gasteiger partial charge in [-0.1, -0.05) is 13.8 Å². The number of aromatic carboxylic acids is 1. The Morgan fingerprint density at radius 1 is 1.38 bits per heavy atom. The number of carbonyl (C=O) groups is 2. The number of hydrogen-bond acceptors (Lipinski definition) is 4. The molecule has 1 atom stereocenters. The Balaban J connectivity index is 2.45. The van der Waals surface area contributed by atoms with E-state index < -0.39 is 12.0 Å². The van der Waals surface area contributed by atoms with Gasteiger partial charge >= 0.3 is 5.97 Å². The van der Waals surface area contributed by atoms with E-state index in [2.05, 4.69) is 4.98 Å². The van der Waals surface area contributed by atoms with Gasteiger partial charge in [0, 0.05) is 12.2 Å². The molecule has 21 heavy (non-hydrogen) atoms. The topological polar surface area (TPSA) is 96.5 Å². The molecule has 2 heterocycles. The number of hydrogen-bond donors (Lipinski definition) is 2. The molecule has 114 valence electrons. The predicted octanol–water partition coefficient (Wildman–Crippen LogP) is 1.75. The summed E-state index contributed by atoms with van der Waals surface area (Å²) in [6.45, 7) is 4.58. The van der Waals surface area contributed by atoms with Crippen LogP contribution < -0.4 is 10.6 Å². The molecule has 6 nitrogen and oxygen atoms in total. The van der Waals surface area contributed by atoms with Gasteiger partial charge in [-0.2, -0.15) is 0 Å². The second-order valence-corrected chi connectivity index (χ2v) is 5.71. The van der Waals surface area contributed by atoms with Crippen LogP contribution in [0.3, 0.4) is 0 Å². The smallest absolute Gasteiger partial charge is 0.335 e. The Hall–Kier alpha value is -2.11. The molecule has 6 heteroatoms. The Bertz CT molecular complexity index is 557. The highest BCUT2D eigenvalue weighted by Crippen LogP contribution is 2.26. The fourth-order valence-corrected chi connectivity index (χ4v) is 2.60. The molecule has 2 rings (SSSR count). The van der Waals surface area contributed by atoms with Gasteiger partial charge in [0.05, 0.1) is 5.56 Å². The summed E-state index contributed by atoms with van der Waals surface area (Å²) in [5, 5.41) is 9.25. The quantitative estimate of drug-likeness (QED) is 0.881. The summed E-state index contributed by atoms with van der Waals surface area (Å²) in [4.78, 5) is 29.3. The van der Waals surface area contributed by atoms with Crippen molar-refractivity contribution < 1.29 is 14.7 Å². The number of nitrogens with two attached hydrogens (primary N) is 1. The lowest BCUT2D eigenvalue weighted by Gasteiger charge is -2.35. The van der Waals surface area contributed by atoms with Gasteiger partial charge in [-0.15, -0.1) is 0 Å². The van der Waals surface area contributed by atoms with Crippen molar-refractivity contribution >= 4 is 17.7 Å². The maximum atomic E-state index is 11.6. The van der Waals surface area contributed by atoms with Crippen molar-refractivity contribution in [2.24, 2.45) is 5.73 Å². The number of piperidine rings is 1. The van der Waals surface area contributed by atoms with Crippen molar-refractivity contribution in [2.45, 2.75) is 45.1 Å². The van der Waals surface area contributed by atoms with Crippen LogP contribution >= 0.6 is 0 Å². The lowest BCUT2D eigenvalue weighted by atomic mass is 10.0. The number of carboxylic acids is 1. The van der Waals surface area contributed by atoms with Crippen molar-refractivity contribution in [1.29, 1.82) is 0 Å². The van der Waals surface area contributed by atoms with Gasteiger partial charge in [-0.3, -0.25) is 4.79 Å². The van der Waals surface area contributed by atoms with Gasteiger partial charge in [0.25, 0.3) is 0 Å². The largest absolute Gasteiger partial charge is 0.478 e. The lowest BCUT2D eigenvalue weighted by Crippen LogP contribution is -2.48. The minimum Gasteiger partial charge on any atom is -0.478 e. The molecular formula is C15H21N3O3. The normalized spacial score (nSPS) is 18.8. The van der Waals surface area contributed by atoms with E-state index in [1.807, 2.05) is 18.7 Å². The molecule has 1 amide bonds. The summed E-state index contributed by atoms with van der Waals surface area (Å²) in [5.41, 5.74) is 6.37. The summed E-state index contributed by atoms with van der Waals surface area (Å²) >= 11 is 0. The first-order valence-corrected chi connectivity index (χ1v) is 7.21. The molecule has 1 aliphatic rings. The third-order valence-corrected chi connectivity index (χ3v) is 3.80. The third-order valence-electron chi connectivity index (χ3n) is 3.80. The van der Waals surface area contributed by atoms with Crippen LogP contribution in [0.2, 0.25) is 0 Å². The Labute approximate surface area is 124 Å². The lowest BCUT2D eigenvalue weighted by molar-refractivity contribution is -0.119. The van der Waals surface area contributed by atoms with Crippen LogP contribution in [0.25, 0.3) is 0 Å². The zero-order valence-corrected chi connectivity index (χ0v) is 12.4. The van der Waals surface area contributed by atoms with Gasteiger partial charge in [0.1, 0.15) is 11.9 Å². The molecule has 0 aliphatic carbocycles. The fourth-order valence-electron chi connectivity index (χ4n) is 2.60. The van der Waals surface area contributed by atoms with Crippen molar-refractivity contribution in [3.05, 3.63) is 23.4 Å². The molecule has 1 aromatic heterocycles. The summed E-state index contributed by atoms with van der Waals surface area (Å²) in [5.74, 6) is -0.738. The first kappa shape index (κ1) is 15.3. The number of carboxylic acid groups (broad SMARTS) is 1. The molecule has 0 bridgehead atoms. The molecule has 3 N–H and O–H groups in total. The summed E-state index contributed by atoms with van der Waals surface area (Å²) in [6.07, 6.45) is 2.57. The van der Waals surface area contributed by atoms with Crippen molar-refractivity contribution in [3.63, 3.8) is 0 Å². The van der Waals surface area contributed by atoms with Crippen LogP contribution in [0.5, 0.6) is 0 Å². The zero-order valence-electron chi connectivity index (χ0n) is 12.4. The molecule has 0 radical (unpaired) electrons. The van der Waals surface area contributed by atoms with Gasteiger partial charge in [0.15, 0.2) is 0 Å². The summed E-state index contributed by atoms with van der Waals surface area (Å²) in [6, 6.07) is 2.70. The van der Waals surface area contributed by atoms with Gasteiger partial charge < -0.3 is 15.7 Å². The molecule has 1 aliphatic heterocycles. The summed E-state index contributed by atoms with van der Waals surface area (Å²) < 4.78 is 0. The fraction of sp³-hybridized carbons (Fsp3) is 0.533. The van der Waals surface area contributed by atoms with Crippen LogP contribution in [0.1, 0.15) is 55.1 Å². The number of amides is 1. The minimum absolute atomic E-state index is 0.111. The van der Waals surface area contributed by atoms with Gasteiger partial charge in [-0.05, 0) is 37.3 Å². The Morgan fingerprint density at radius 3 is 2.67 bits per heavy atom. The van der Waals surface area contributed by atoms with E-state index in [1.165, 1.54) is 6.07 Å². The SMILES string of the molecule is CC(C)c1cc(C(=O)O)cc(N2CCCCC2C(N)=O)n1. The van der Waals surface area contributed by atoms with E-state index in [9.17, 15) is 14.7 Å². The number of rotatable bonds is 4. The highest BCUT2D eigenvalue weighted by Gasteiger charge is 2.28. The standard InChI is InChI=1S/C15H21N3O3/c1-9(2)11-7-10(15(20)21)8-13(17-11)18-6-4-3-5-12(18)14(16)19/h7-9,12H,3-6H2,1-2H3,(H2,16,19)(H,20,21). The molecule has 0 saturated carbocycles. The van der Waals surface area contributed by atoms with Crippen LogP contribution in [-0.2, 0) is 4.79 Å². The zero-order chi connectivity index (χ0) is 15.6. The highest BCUT2D eigenvalue weighted by molar-refractivity contribution is 5.89. The molecule has 0 spiro atoms. The van der Waals surface area contributed by atoms with Crippen LogP contribution in [0.4, 0.5) is 5.82 Å². The third kappa shape index (κ3) is 3.32. The van der Waals surface area contributed by atoms with E-state index in [1.54, 1.807) is 6.07 Å². The summed E-state index contributed by atoms with van der Waals surface area (Å²) in [7, 11) is 0. The number of nitrogens with zero attached hydrogens (tertiary/aromatic N) is 2. The van der Waals surface area contributed by atoms with E-state index in [0.29, 0.717) is 24.5 Å². The van der Waals surface area contributed by atoms with Crippen LogP contribution in [0, 0.1) is 0 Å². The maximum absolute atomic E-state index is 11.6. The first-order chi connectivity index (χ1) is 9.90. The first-order valence-electron chi connectivity index (χ1n) is 7.21. The van der Waals surface area contributed by atoms with Gasteiger partial charge in [-0.25, -0.2) is 9.78 Å². The predicted molar refractivity (Wildman–Crippen MR) is 79.5 cm³/mol.